The average molecular weight is 135 g/mol. The van der Waals surface area contributed by atoms with Crippen molar-refractivity contribution in [1.82, 2.24) is 10.2 Å². The van der Waals surface area contributed by atoms with Gasteiger partial charge in [0.2, 0.25) is 0 Å². The van der Waals surface area contributed by atoms with E-state index in [4.69, 9.17) is 0 Å². The third-order valence-electron chi connectivity index (χ3n) is 1.55. The van der Waals surface area contributed by atoms with Gasteiger partial charge in [0.25, 0.3) is 0 Å². The number of amidine groups is 1. The summed E-state index contributed by atoms with van der Waals surface area (Å²) in [6.07, 6.45) is 8.04. The molecule has 0 aromatic heterocycles. The van der Waals surface area contributed by atoms with E-state index in [1.165, 1.54) is 0 Å². The van der Waals surface area contributed by atoms with Crippen LogP contribution in [0.5, 0.6) is 0 Å². The van der Waals surface area contributed by atoms with Crippen LogP contribution in [0.2, 0.25) is 0 Å². The summed E-state index contributed by atoms with van der Waals surface area (Å²) in [7, 11) is 0. The van der Waals surface area contributed by atoms with Gasteiger partial charge in [-0.3, -0.25) is 10.3 Å². The number of hydrogen-bond donors (Lipinski definition) is 1. The zero-order valence-electron chi connectivity index (χ0n) is 5.62. The van der Waals surface area contributed by atoms with Crippen molar-refractivity contribution in [3.8, 4) is 0 Å². The minimum absolute atomic E-state index is 0.740. The molecule has 2 aliphatic heterocycles. The van der Waals surface area contributed by atoms with Gasteiger partial charge in [-0.15, -0.1) is 0 Å². The lowest BCUT2D eigenvalue weighted by molar-refractivity contribution is 0.459. The van der Waals surface area contributed by atoms with Gasteiger partial charge in [0.15, 0.2) is 0 Å². The van der Waals surface area contributed by atoms with E-state index in [0.29, 0.717) is 0 Å². The van der Waals surface area contributed by atoms with E-state index in [0.717, 1.165) is 19.2 Å². The first kappa shape index (κ1) is 5.68. The first-order valence-corrected chi connectivity index (χ1v) is 3.33. The van der Waals surface area contributed by atoms with Crippen LogP contribution in [0.3, 0.4) is 0 Å². The molecule has 0 aromatic carbocycles. The Hall–Kier alpha value is -1.09. The van der Waals surface area contributed by atoms with E-state index in [9.17, 15) is 0 Å². The van der Waals surface area contributed by atoms with Crippen LogP contribution in [0.25, 0.3) is 0 Å². The Morgan fingerprint density at radius 1 is 1.50 bits per heavy atom. The fraction of sp³-hybridized carbons (Fsp3) is 0.286. The molecule has 52 valence electrons. The van der Waals surface area contributed by atoms with Gasteiger partial charge in [-0.1, -0.05) is 6.08 Å². The number of hydrogen-bond acceptors (Lipinski definition) is 3. The Morgan fingerprint density at radius 2 is 2.50 bits per heavy atom. The zero-order chi connectivity index (χ0) is 6.81. The maximum Gasteiger partial charge on any atom is 0.129 e. The molecule has 0 bridgehead atoms. The van der Waals surface area contributed by atoms with Crippen molar-refractivity contribution >= 4 is 5.84 Å². The summed E-state index contributed by atoms with van der Waals surface area (Å²) < 4.78 is 0. The van der Waals surface area contributed by atoms with Gasteiger partial charge in [0, 0.05) is 6.20 Å². The van der Waals surface area contributed by atoms with Crippen LogP contribution in [0.1, 0.15) is 0 Å². The highest BCUT2D eigenvalue weighted by Gasteiger charge is 2.09. The van der Waals surface area contributed by atoms with Gasteiger partial charge in [0.1, 0.15) is 5.84 Å². The summed E-state index contributed by atoms with van der Waals surface area (Å²) in [6.45, 7) is 1.61. The molecule has 0 atom stereocenters. The lowest BCUT2D eigenvalue weighted by atomic mass is 10.3. The number of rotatable bonds is 0. The van der Waals surface area contributed by atoms with Gasteiger partial charge in [0.05, 0.1) is 13.3 Å². The summed E-state index contributed by atoms with van der Waals surface area (Å²) in [6, 6.07) is 0. The Balaban J connectivity index is 2.27. The molecule has 2 aliphatic rings. The van der Waals surface area contributed by atoms with E-state index in [2.05, 4.69) is 15.2 Å². The molecular formula is C7H9N3. The summed E-state index contributed by atoms with van der Waals surface area (Å²) in [5, 5.41) is 3.14. The number of allylic oxidation sites excluding steroid dienone is 2. The molecule has 0 spiro atoms. The van der Waals surface area contributed by atoms with Crippen LogP contribution in [-0.2, 0) is 0 Å². The SMILES string of the molecule is C1=CC2=NCNCN2C=C1. The number of aliphatic imine (C=N–C) groups is 1. The number of nitrogens with zero attached hydrogens (tertiary/aromatic N) is 2. The van der Waals surface area contributed by atoms with Crippen LogP contribution in [0.4, 0.5) is 0 Å². The molecule has 10 heavy (non-hydrogen) atoms. The fourth-order valence-electron chi connectivity index (χ4n) is 1.05. The van der Waals surface area contributed by atoms with E-state index < -0.39 is 0 Å². The van der Waals surface area contributed by atoms with Crippen molar-refractivity contribution in [2.24, 2.45) is 4.99 Å². The summed E-state index contributed by atoms with van der Waals surface area (Å²) in [5.74, 6) is 1.06. The van der Waals surface area contributed by atoms with Crippen LogP contribution in [0, 0.1) is 0 Å². The summed E-state index contributed by atoms with van der Waals surface area (Å²) in [4.78, 5) is 6.32. The highest BCUT2D eigenvalue weighted by Crippen LogP contribution is 2.03. The van der Waals surface area contributed by atoms with Crippen molar-refractivity contribution in [2.75, 3.05) is 13.3 Å². The zero-order valence-corrected chi connectivity index (χ0v) is 5.62. The second-order valence-electron chi connectivity index (χ2n) is 2.25. The molecule has 0 radical (unpaired) electrons. The smallest absolute Gasteiger partial charge is 0.129 e. The summed E-state index contributed by atoms with van der Waals surface area (Å²) >= 11 is 0. The molecule has 3 nitrogen and oxygen atoms in total. The highest BCUT2D eigenvalue weighted by molar-refractivity contribution is 5.95. The molecule has 2 rings (SSSR count). The molecule has 0 saturated carbocycles. The minimum Gasteiger partial charge on any atom is -0.320 e. The van der Waals surface area contributed by atoms with Gasteiger partial charge in [-0.05, 0) is 12.2 Å². The van der Waals surface area contributed by atoms with Crippen molar-refractivity contribution in [2.45, 2.75) is 0 Å². The fourth-order valence-corrected chi connectivity index (χ4v) is 1.05. The minimum atomic E-state index is 0.740. The number of nitrogens with one attached hydrogen (secondary N) is 1. The third-order valence-corrected chi connectivity index (χ3v) is 1.55. The molecular weight excluding hydrogens is 126 g/mol. The molecule has 1 N–H and O–H groups in total. The van der Waals surface area contributed by atoms with Crippen molar-refractivity contribution in [1.29, 1.82) is 0 Å². The monoisotopic (exact) mass is 135 g/mol. The molecule has 0 aromatic rings. The first-order chi connectivity index (χ1) is 4.97. The predicted octanol–water partition coefficient (Wildman–Crippen LogP) is 0.289. The van der Waals surface area contributed by atoms with E-state index in [1.54, 1.807) is 0 Å². The largest absolute Gasteiger partial charge is 0.320 e. The maximum absolute atomic E-state index is 4.24. The Kier molecular flexibility index (Phi) is 1.29. The Labute approximate surface area is 59.7 Å². The first-order valence-electron chi connectivity index (χ1n) is 3.33. The maximum atomic E-state index is 4.24. The average Bonchev–Trinajstić information content (AvgIpc) is 2.05. The van der Waals surface area contributed by atoms with Gasteiger partial charge < -0.3 is 4.90 Å². The highest BCUT2D eigenvalue weighted by atomic mass is 15.3. The second-order valence-corrected chi connectivity index (χ2v) is 2.25. The standard InChI is InChI=1S/C7H9N3/c1-2-4-10-6-8-5-9-7(10)3-1/h1-4,8H,5-6H2. The lowest BCUT2D eigenvalue weighted by Gasteiger charge is -2.26. The van der Waals surface area contributed by atoms with Crippen LogP contribution >= 0.6 is 0 Å². The topological polar surface area (TPSA) is 27.6 Å². The summed E-state index contributed by atoms with van der Waals surface area (Å²) in [5.41, 5.74) is 0. The van der Waals surface area contributed by atoms with Crippen molar-refractivity contribution in [3.05, 3.63) is 24.4 Å². The van der Waals surface area contributed by atoms with Crippen LogP contribution in [-0.4, -0.2) is 24.1 Å². The molecule has 0 fully saturated rings. The van der Waals surface area contributed by atoms with E-state index >= 15 is 0 Å². The molecule has 3 heteroatoms. The van der Waals surface area contributed by atoms with Crippen LogP contribution < -0.4 is 5.32 Å². The Bertz CT molecular complexity index is 215. The normalized spacial score (nSPS) is 22.4. The van der Waals surface area contributed by atoms with Gasteiger partial charge in [-0.25, -0.2) is 0 Å². The lowest BCUT2D eigenvalue weighted by Crippen LogP contribution is -2.40. The Morgan fingerprint density at radius 3 is 3.40 bits per heavy atom. The van der Waals surface area contributed by atoms with Crippen LogP contribution in [0.15, 0.2) is 29.4 Å². The van der Waals surface area contributed by atoms with Crippen molar-refractivity contribution < 1.29 is 0 Å². The molecule has 0 amide bonds. The van der Waals surface area contributed by atoms with Gasteiger partial charge in [-0.2, -0.15) is 0 Å². The molecule has 0 unspecified atom stereocenters. The van der Waals surface area contributed by atoms with Gasteiger partial charge >= 0.3 is 0 Å². The second kappa shape index (κ2) is 2.27. The predicted molar refractivity (Wildman–Crippen MR) is 40.4 cm³/mol. The van der Waals surface area contributed by atoms with E-state index in [-0.39, 0.29) is 0 Å². The third kappa shape index (κ3) is 0.844. The molecule has 0 saturated heterocycles. The quantitative estimate of drug-likeness (QED) is 0.517. The molecule has 0 aliphatic carbocycles. The number of fused-ring (bicyclic) bond motifs is 1. The van der Waals surface area contributed by atoms with Crippen molar-refractivity contribution in [3.63, 3.8) is 0 Å². The molecule has 2 heterocycles. The van der Waals surface area contributed by atoms with E-state index in [1.807, 2.05) is 24.4 Å².